The van der Waals surface area contributed by atoms with Gasteiger partial charge in [-0.25, -0.2) is 9.97 Å². The van der Waals surface area contributed by atoms with Gasteiger partial charge in [-0.1, -0.05) is 0 Å². The Morgan fingerprint density at radius 3 is 2.54 bits per heavy atom. The molecule has 0 aliphatic heterocycles. The van der Waals surface area contributed by atoms with Crippen LogP contribution >= 0.6 is 0 Å². The van der Waals surface area contributed by atoms with E-state index < -0.39 is 17.6 Å². The van der Waals surface area contributed by atoms with Crippen molar-refractivity contribution in [1.29, 1.82) is 5.26 Å². The van der Waals surface area contributed by atoms with Crippen LogP contribution in [0.2, 0.25) is 0 Å². The molecule has 1 rings (SSSR count). The normalized spacial score (nSPS) is 10.9. The van der Waals surface area contributed by atoms with Crippen LogP contribution in [0.25, 0.3) is 0 Å². The maximum absolute atomic E-state index is 12.1. The predicted molar refractivity (Wildman–Crippen MR) is 36.2 cm³/mol. The van der Waals surface area contributed by atoms with Gasteiger partial charge in [-0.05, 0) is 0 Å². The van der Waals surface area contributed by atoms with E-state index in [1.54, 1.807) is 0 Å². The van der Waals surface area contributed by atoms with Gasteiger partial charge >= 0.3 is 6.18 Å². The van der Waals surface area contributed by atoms with Crippen LogP contribution in [-0.4, -0.2) is 9.97 Å². The fraction of sp³-hybridized carbons (Fsp3) is 0.167. The van der Waals surface area contributed by atoms with Gasteiger partial charge in [0, 0.05) is 0 Å². The minimum atomic E-state index is -4.70. The molecule has 4 nitrogen and oxygen atoms in total. The Morgan fingerprint density at radius 2 is 2.08 bits per heavy atom. The third-order valence-electron chi connectivity index (χ3n) is 1.17. The topological polar surface area (TPSA) is 75.6 Å². The van der Waals surface area contributed by atoms with Crippen LogP contribution in [-0.2, 0) is 6.18 Å². The van der Waals surface area contributed by atoms with Gasteiger partial charge in [0.25, 0.3) is 0 Å². The van der Waals surface area contributed by atoms with Gasteiger partial charge in [-0.15, -0.1) is 0 Å². The summed E-state index contributed by atoms with van der Waals surface area (Å²) in [7, 11) is 0. The maximum Gasteiger partial charge on any atom is 0.436 e. The number of alkyl halides is 3. The molecular weight excluding hydrogens is 185 g/mol. The minimum absolute atomic E-state index is 0.369. The van der Waals surface area contributed by atoms with Crippen molar-refractivity contribution in [2.45, 2.75) is 6.18 Å². The van der Waals surface area contributed by atoms with Crippen molar-refractivity contribution in [1.82, 2.24) is 9.97 Å². The second-order valence-electron chi connectivity index (χ2n) is 2.10. The molecule has 1 heterocycles. The highest BCUT2D eigenvalue weighted by atomic mass is 19.4. The molecule has 0 amide bonds. The molecule has 7 heteroatoms. The van der Waals surface area contributed by atoms with Crippen molar-refractivity contribution < 1.29 is 13.2 Å². The first-order chi connectivity index (χ1) is 5.95. The summed E-state index contributed by atoms with van der Waals surface area (Å²) in [5.74, 6) is -0.369. The summed E-state index contributed by atoms with van der Waals surface area (Å²) in [5.41, 5.74) is 2.87. The van der Waals surface area contributed by atoms with Crippen LogP contribution in [0.1, 0.15) is 11.4 Å². The number of nitrogens with two attached hydrogens (primary N) is 1. The average Bonchev–Trinajstić information content (AvgIpc) is 2.03. The molecule has 0 bridgehead atoms. The number of anilines is 1. The van der Waals surface area contributed by atoms with Gasteiger partial charge < -0.3 is 5.73 Å². The number of hydrogen-bond donors (Lipinski definition) is 1. The highest BCUT2D eigenvalue weighted by Gasteiger charge is 2.36. The van der Waals surface area contributed by atoms with E-state index in [-0.39, 0.29) is 5.82 Å². The molecule has 13 heavy (non-hydrogen) atoms. The van der Waals surface area contributed by atoms with Crippen molar-refractivity contribution in [3.63, 3.8) is 0 Å². The Balaban J connectivity index is 3.35. The lowest BCUT2D eigenvalue weighted by atomic mass is 10.3. The number of halogens is 3. The van der Waals surface area contributed by atoms with Crippen molar-refractivity contribution in [3.05, 3.63) is 17.6 Å². The van der Waals surface area contributed by atoms with Gasteiger partial charge in [-0.2, -0.15) is 18.4 Å². The van der Waals surface area contributed by atoms with Crippen LogP contribution < -0.4 is 5.73 Å². The SMILES string of the molecule is N#Cc1ncc(N)nc1C(F)(F)F. The Morgan fingerprint density at radius 1 is 1.46 bits per heavy atom. The lowest BCUT2D eigenvalue weighted by Crippen LogP contribution is -2.13. The first kappa shape index (κ1) is 9.25. The van der Waals surface area contributed by atoms with Crippen LogP contribution in [0.5, 0.6) is 0 Å². The summed E-state index contributed by atoms with van der Waals surface area (Å²) in [6.07, 6.45) is -3.80. The number of hydrogen-bond acceptors (Lipinski definition) is 4. The molecule has 0 atom stereocenters. The van der Waals surface area contributed by atoms with Crippen LogP contribution in [0.3, 0.4) is 0 Å². The molecule has 0 unspecified atom stereocenters. The Labute approximate surface area is 70.8 Å². The zero-order valence-corrected chi connectivity index (χ0v) is 6.13. The summed E-state index contributed by atoms with van der Waals surface area (Å²) in [5, 5.41) is 8.28. The van der Waals surface area contributed by atoms with Gasteiger partial charge in [0.2, 0.25) is 0 Å². The molecule has 0 fully saturated rings. The molecule has 2 N–H and O–H groups in total. The number of nitrogens with zero attached hydrogens (tertiary/aromatic N) is 3. The van der Waals surface area contributed by atoms with E-state index in [4.69, 9.17) is 11.0 Å². The minimum Gasteiger partial charge on any atom is -0.382 e. The number of rotatable bonds is 0. The molecule has 0 aliphatic rings. The number of nitrogen functional groups attached to an aromatic ring is 1. The first-order valence-corrected chi connectivity index (χ1v) is 3.05. The molecule has 0 saturated heterocycles. The van der Waals surface area contributed by atoms with E-state index in [0.29, 0.717) is 0 Å². The summed E-state index contributed by atoms with van der Waals surface area (Å²) in [6, 6.07) is 1.28. The monoisotopic (exact) mass is 188 g/mol. The smallest absolute Gasteiger partial charge is 0.382 e. The van der Waals surface area contributed by atoms with Crippen molar-refractivity contribution in [2.24, 2.45) is 0 Å². The van der Waals surface area contributed by atoms with Crippen molar-refractivity contribution in [2.75, 3.05) is 5.73 Å². The van der Waals surface area contributed by atoms with Gasteiger partial charge in [0.15, 0.2) is 11.4 Å². The fourth-order valence-corrected chi connectivity index (χ4v) is 0.682. The zero-order valence-electron chi connectivity index (χ0n) is 6.13. The Hall–Kier alpha value is -1.84. The molecule has 68 valence electrons. The lowest BCUT2D eigenvalue weighted by molar-refractivity contribution is -0.141. The van der Waals surface area contributed by atoms with E-state index >= 15 is 0 Å². The molecular formula is C6H3F3N4. The van der Waals surface area contributed by atoms with Crippen LogP contribution in [0.15, 0.2) is 6.20 Å². The third-order valence-corrected chi connectivity index (χ3v) is 1.17. The van der Waals surface area contributed by atoms with Crippen LogP contribution in [0, 0.1) is 11.3 Å². The number of nitriles is 1. The van der Waals surface area contributed by atoms with E-state index in [1.807, 2.05) is 0 Å². The largest absolute Gasteiger partial charge is 0.436 e. The average molecular weight is 188 g/mol. The molecule has 0 spiro atoms. The first-order valence-electron chi connectivity index (χ1n) is 3.05. The van der Waals surface area contributed by atoms with Gasteiger partial charge in [0.1, 0.15) is 11.9 Å². The van der Waals surface area contributed by atoms with Crippen LogP contribution in [0.4, 0.5) is 19.0 Å². The summed E-state index contributed by atoms with van der Waals surface area (Å²) < 4.78 is 36.3. The molecule has 1 aromatic heterocycles. The Bertz CT molecular complexity index is 365. The molecule has 0 saturated carbocycles. The maximum atomic E-state index is 12.1. The van der Waals surface area contributed by atoms with Gasteiger partial charge in [-0.3, -0.25) is 0 Å². The van der Waals surface area contributed by atoms with E-state index in [9.17, 15) is 13.2 Å². The van der Waals surface area contributed by atoms with E-state index in [1.165, 1.54) is 6.07 Å². The van der Waals surface area contributed by atoms with Gasteiger partial charge in [0.05, 0.1) is 6.20 Å². The second kappa shape index (κ2) is 2.90. The molecule has 0 aliphatic carbocycles. The number of aromatic nitrogens is 2. The standard InChI is InChI=1S/C6H3F3N4/c7-6(8,9)5-3(1-10)12-2-4(11)13-5/h2H,(H2,11,13). The highest BCUT2D eigenvalue weighted by Crippen LogP contribution is 2.29. The lowest BCUT2D eigenvalue weighted by Gasteiger charge is -2.06. The predicted octanol–water partition coefficient (Wildman–Crippen LogP) is 0.949. The summed E-state index contributed by atoms with van der Waals surface area (Å²) in [6.45, 7) is 0. The highest BCUT2D eigenvalue weighted by molar-refractivity contribution is 5.34. The fourth-order valence-electron chi connectivity index (χ4n) is 0.682. The summed E-state index contributed by atoms with van der Waals surface area (Å²) >= 11 is 0. The second-order valence-corrected chi connectivity index (χ2v) is 2.10. The quantitative estimate of drug-likeness (QED) is 0.657. The van der Waals surface area contributed by atoms with Crippen molar-refractivity contribution in [3.8, 4) is 6.07 Å². The van der Waals surface area contributed by atoms with E-state index in [2.05, 4.69) is 9.97 Å². The Kier molecular flexibility index (Phi) is 2.06. The summed E-state index contributed by atoms with van der Waals surface area (Å²) in [4.78, 5) is 6.18. The molecule has 0 aromatic carbocycles. The zero-order chi connectivity index (χ0) is 10.1. The van der Waals surface area contributed by atoms with Crippen molar-refractivity contribution >= 4 is 5.82 Å². The third kappa shape index (κ3) is 1.84. The molecule has 0 radical (unpaired) electrons. The van der Waals surface area contributed by atoms with E-state index in [0.717, 1.165) is 6.20 Å². The molecule has 1 aromatic rings.